The van der Waals surface area contributed by atoms with Crippen molar-refractivity contribution in [2.75, 3.05) is 25.9 Å². The molecule has 6 heteroatoms. The van der Waals surface area contributed by atoms with E-state index in [-0.39, 0.29) is 13.3 Å². The lowest BCUT2D eigenvalue weighted by Crippen LogP contribution is -2.33. The zero-order valence-corrected chi connectivity index (χ0v) is 15.6. The number of ether oxygens (including phenoxy) is 2. The normalized spacial score (nSPS) is 11.2. The molecule has 0 saturated heterocycles. The third-order valence-corrected chi connectivity index (χ3v) is 3.79. The minimum atomic E-state index is -0.501. The highest BCUT2D eigenvalue weighted by Gasteiger charge is 2.19. The van der Waals surface area contributed by atoms with E-state index >= 15 is 0 Å². The topological polar surface area (TPSA) is 60.4 Å². The summed E-state index contributed by atoms with van der Waals surface area (Å²) >= 11 is 0. The van der Waals surface area contributed by atoms with Crippen LogP contribution in [0.1, 0.15) is 23.6 Å². The molecule has 2 aromatic carbocycles. The lowest BCUT2D eigenvalue weighted by Gasteiger charge is -2.22. The third kappa shape index (κ3) is 5.07. The Morgan fingerprint density at radius 1 is 1.12 bits per heavy atom. The van der Waals surface area contributed by atoms with Crippen LogP contribution in [0.5, 0.6) is 0 Å². The maximum atomic E-state index is 12.0. The summed E-state index contributed by atoms with van der Waals surface area (Å²) in [7, 11) is 2.85. The van der Waals surface area contributed by atoms with Crippen molar-refractivity contribution in [1.82, 2.24) is 0 Å². The summed E-state index contributed by atoms with van der Waals surface area (Å²) in [5.74, 6) is 0. The minimum absolute atomic E-state index is 0.0786. The minimum Gasteiger partial charge on any atom is -0.452 e. The molecule has 1 amide bonds. The Kier molecular flexibility index (Phi) is 7.17. The predicted octanol–water partition coefficient (Wildman–Crippen LogP) is 4.11. The van der Waals surface area contributed by atoms with Crippen LogP contribution in [0.2, 0.25) is 0 Å². The number of aryl methyl sites for hydroxylation is 1. The number of benzene rings is 2. The van der Waals surface area contributed by atoms with Crippen LogP contribution in [-0.4, -0.2) is 32.8 Å². The summed E-state index contributed by atoms with van der Waals surface area (Å²) in [6, 6.07) is 15.5. The van der Waals surface area contributed by atoms with Gasteiger partial charge in [-0.15, -0.1) is 0 Å². The number of para-hydroxylation sites is 1. The van der Waals surface area contributed by atoms with Crippen molar-refractivity contribution in [3.8, 4) is 0 Å². The van der Waals surface area contributed by atoms with Gasteiger partial charge in [-0.3, -0.25) is 4.90 Å². The van der Waals surface area contributed by atoms with Gasteiger partial charge in [-0.2, -0.15) is 0 Å². The Morgan fingerprint density at radius 3 is 2.58 bits per heavy atom. The van der Waals surface area contributed by atoms with Gasteiger partial charge < -0.3 is 14.3 Å². The number of hydrogen-bond donors (Lipinski definition) is 0. The SMILES string of the molecule is COCN(C(=O)OC)c1ccccc1CO/N=C(\C)c1cccc(C)c1. The highest BCUT2D eigenvalue weighted by molar-refractivity contribution is 5.98. The molecule has 0 aromatic heterocycles. The highest BCUT2D eigenvalue weighted by atomic mass is 16.6. The second-order valence-corrected chi connectivity index (χ2v) is 5.76. The Morgan fingerprint density at radius 2 is 1.88 bits per heavy atom. The van der Waals surface area contributed by atoms with E-state index in [2.05, 4.69) is 5.16 Å². The third-order valence-electron chi connectivity index (χ3n) is 3.79. The molecular formula is C20H24N2O4. The summed E-state index contributed by atoms with van der Waals surface area (Å²) in [6.07, 6.45) is -0.501. The van der Waals surface area contributed by atoms with Crippen molar-refractivity contribution in [3.05, 3.63) is 65.2 Å². The first-order chi connectivity index (χ1) is 12.6. The summed E-state index contributed by atoms with van der Waals surface area (Å²) in [5, 5.41) is 4.19. The average molecular weight is 356 g/mol. The molecule has 0 aliphatic heterocycles. The highest BCUT2D eigenvalue weighted by Crippen LogP contribution is 2.22. The molecule has 26 heavy (non-hydrogen) atoms. The summed E-state index contributed by atoms with van der Waals surface area (Å²) in [6.45, 7) is 4.23. The predicted molar refractivity (Wildman–Crippen MR) is 101 cm³/mol. The van der Waals surface area contributed by atoms with Gasteiger partial charge in [0.15, 0.2) is 0 Å². The number of hydrogen-bond acceptors (Lipinski definition) is 5. The Labute approximate surface area is 154 Å². The van der Waals surface area contributed by atoms with Gasteiger partial charge in [0.05, 0.1) is 18.5 Å². The van der Waals surface area contributed by atoms with Gasteiger partial charge in [0.2, 0.25) is 0 Å². The average Bonchev–Trinajstić information content (AvgIpc) is 2.66. The Balaban J connectivity index is 2.15. The molecule has 6 nitrogen and oxygen atoms in total. The largest absolute Gasteiger partial charge is 0.452 e. The molecule has 0 unspecified atom stereocenters. The number of carbonyl (C=O) groups is 1. The first-order valence-electron chi connectivity index (χ1n) is 8.22. The monoisotopic (exact) mass is 356 g/mol. The van der Waals surface area contributed by atoms with Crippen LogP contribution >= 0.6 is 0 Å². The molecule has 0 aliphatic rings. The van der Waals surface area contributed by atoms with Gasteiger partial charge in [0.25, 0.3) is 0 Å². The number of rotatable bonds is 7. The molecule has 138 valence electrons. The second-order valence-electron chi connectivity index (χ2n) is 5.76. The first-order valence-corrected chi connectivity index (χ1v) is 8.22. The molecular weight excluding hydrogens is 332 g/mol. The maximum Gasteiger partial charge on any atom is 0.415 e. The van der Waals surface area contributed by atoms with Crippen LogP contribution < -0.4 is 4.90 Å². The van der Waals surface area contributed by atoms with E-state index in [4.69, 9.17) is 14.3 Å². The van der Waals surface area contributed by atoms with E-state index in [1.807, 2.05) is 62.4 Å². The van der Waals surface area contributed by atoms with Crippen LogP contribution in [0.3, 0.4) is 0 Å². The van der Waals surface area contributed by atoms with Gasteiger partial charge in [-0.25, -0.2) is 4.79 Å². The number of amides is 1. The first kappa shape index (κ1) is 19.5. The Bertz CT molecular complexity index is 774. The fourth-order valence-corrected chi connectivity index (χ4v) is 2.48. The summed E-state index contributed by atoms with van der Waals surface area (Å²) in [5.41, 5.74) is 4.41. The second kappa shape index (κ2) is 9.58. The molecule has 0 radical (unpaired) electrons. The molecule has 0 atom stereocenters. The van der Waals surface area contributed by atoms with Crippen LogP contribution in [0, 0.1) is 6.92 Å². The molecule has 0 saturated carbocycles. The van der Waals surface area contributed by atoms with Crippen molar-refractivity contribution in [2.24, 2.45) is 5.16 Å². The number of nitrogens with zero attached hydrogens (tertiary/aromatic N) is 2. The smallest absolute Gasteiger partial charge is 0.415 e. The van der Waals surface area contributed by atoms with Gasteiger partial charge in [-0.1, -0.05) is 53.2 Å². The van der Waals surface area contributed by atoms with Gasteiger partial charge in [0.1, 0.15) is 13.3 Å². The fourth-order valence-electron chi connectivity index (χ4n) is 2.48. The summed E-state index contributed by atoms with van der Waals surface area (Å²) in [4.78, 5) is 18.9. The molecule has 0 bridgehead atoms. The number of oxime groups is 1. The number of carbonyl (C=O) groups excluding carboxylic acids is 1. The van der Waals surface area contributed by atoms with Crippen molar-refractivity contribution >= 4 is 17.5 Å². The fraction of sp³-hybridized carbons (Fsp3) is 0.300. The molecule has 2 aromatic rings. The van der Waals surface area contributed by atoms with E-state index in [1.54, 1.807) is 0 Å². The molecule has 0 fully saturated rings. The molecule has 2 rings (SSSR count). The number of methoxy groups -OCH3 is 2. The van der Waals surface area contributed by atoms with Crippen molar-refractivity contribution < 1.29 is 19.1 Å². The van der Waals surface area contributed by atoms with Crippen molar-refractivity contribution in [2.45, 2.75) is 20.5 Å². The van der Waals surface area contributed by atoms with Crippen LogP contribution in [0.15, 0.2) is 53.7 Å². The van der Waals surface area contributed by atoms with E-state index in [0.717, 1.165) is 22.4 Å². The zero-order chi connectivity index (χ0) is 18.9. The molecule has 0 aliphatic carbocycles. The van der Waals surface area contributed by atoms with E-state index in [1.165, 1.54) is 19.1 Å². The lowest BCUT2D eigenvalue weighted by atomic mass is 10.1. The molecule has 0 spiro atoms. The maximum absolute atomic E-state index is 12.0. The van der Waals surface area contributed by atoms with Crippen molar-refractivity contribution in [1.29, 1.82) is 0 Å². The van der Waals surface area contributed by atoms with Gasteiger partial charge in [0, 0.05) is 12.7 Å². The van der Waals surface area contributed by atoms with Crippen LogP contribution in [0.4, 0.5) is 10.5 Å². The number of anilines is 1. The van der Waals surface area contributed by atoms with Crippen LogP contribution in [0.25, 0.3) is 0 Å². The Hall–Kier alpha value is -2.86. The standard InChI is InChI=1S/C20H24N2O4/c1-15-8-7-10-17(12-15)16(2)21-26-13-18-9-5-6-11-19(18)22(14-24-3)20(23)25-4/h5-12H,13-14H2,1-4H3/b21-16+. The zero-order valence-electron chi connectivity index (χ0n) is 15.6. The lowest BCUT2D eigenvalue weighted by molar-refractivity contribution is 0.129. The van der Waals surface area contributed by atoms with Gasteiger partial charge in [-0.05, 0) is 25.5 Å². The van der Waals surface area contributed by atoms with Crippen LogP contribution in [-0.2, 0) is 20.9 Å². The van der Waals surface area contributed by atoms with E-state index in [0.29, 0.717) is 5.69 Å². The van der Waals surface area contributed by atoms with E-state index < -0.39 is 6.09 Å². The van der Waals surface area contributed by atoms with E-state index in [9.17, 15) is 4.79 Å². The van der Waals surface area contributed by atoms with Crippen molar-refractivity contribution in [3.63, 3.8) is 0 Å². The molecule has 0 N–H and O–H groups in total. The summed E-state index contributed by atoms with van der Waals surface area (Å²) < 4.78 is 9.93. The molecule has 0 heterocycles. The van der Waals surface area contributed by atoms with Gasteiger partial charge >= 0.3 is 6.09 Å². The quantitative estimate of drug-likeness (QED) is 0.425.